The number of nitrogens with one attached hydrogen (secondary N) is 2. The van der Waals surface area contributed by atoms with Crippen LogP contribution in [-0.4, -0.2) is 36.1 Å². The van der Waals surface area contributed by atoms with E-state index < -0.39 is 0 Å². The smallest absolute Gasteiger partial charge is 0.277 e. The molecule has 1 amide bonds. The van der Waals surface area contributed by atoms with Crippen molar-refractivity contribution in [2.45, 2.75) is 19.9 Å². The van der Waals surface area contributed by atoms with Gasteiger partial charge < -0.3 is 5.32 Å². The van der Waals surface area contributed by atoms with Gasteiger partial charge >= 0.3 is 0 Å². The third-order valence-corrected chi connectivity index (χ3v) is 4.18. The zero-order valence-electron chi connectivity index (χ0n) is 15.1. The van der Waals surface area contributed by atoms with Crippen LogP contribution in [0.5, 0.6) is 0 Å². The summed E-state index contributed by atoms with van der Waals surface area (Å²) < 4.78 is 1.20. The zero-order chi connectivity index (χ0) is 19.5. The third-order valence-electron chi connectivity index (χ3n) is 4.18. The van der Waals surface area contributed by atoms with E-state index in [9.17, 15) is 9.59 Å². The van der Waals surface area contributed by atoms with Crippen LogP contribution in [0.1, 0.15) is 12.2 Å². The second-order valence-electron chi connectivity index (χ2n) is 6.26. The molecule has 0 fully saturated rings. The minimum Gasteiger partial charge on any atom is -0.326 e. The molecule has 140 valence electrons. The largest absolute Gasteiger partial charge is 0.326 e. The van der Waals surface area contributed by atoms with Gasteiger partial charge in [0.1, 0.15) is 11.3 Å². The summed E-state index contributed by atoms with van der Waals surface area (Å²) in [5, 5.41) is 18.1. The van der Waals surface area contributed by atoms with E-state index in [4.69, 9.17) is 0 Å². The number of anilines is 1. The van der Waals surface area contributed by atoms with E-state index in [2.05, 4.69) is 30.8 Å². The summed E-state index contributed by atoms with van der Waals surface area (Å²) in [6.45, 7) is 1.96. The fraction of sp³-hybridized carbons (Fsp3) is 0.158. The third kappa shape index (κ3) is 3.63. The standard InChI is InChI=1S/C19H17N7O2/c1-12-20-18(24-22-12)13-5-4-6-14(11-13)21-17(27)9-10-26-19(28)15-7-2-3-8-16(15)23-25-26/h2-8,11H,9-10H2,1H3,(H,21,27)(H,20,22,24). The maximum Gasteiger partial charge on any atom is 0.277 e. The lowest BCUT2D eigenvalue weighted by Crippen LogP contribution is -2.26. The average Bonchev–Trinajstić information content (AvgIpc) is 3.14. The maximum atomic E-state index is 12.4. The molecule has 0 saturated carbocycles. The normalized spacial score (nSPS) is 10.9. The number of hydrogen-bond acceptors (Lipinski definition) is 6. The number of nitrogens with zero attached hydrogens (tertiary/aromatic N) is 5. The van der Waals surface area contributed by atoms with Crippen molar-refractivity contribution in [2.75, 3.05) is 5.32 Å². The van der Waals surface area contributed by atoms with Crippen LogP contribution in [0.2, 0.25) is 0 Å². The van der Waals surface area contributed by atoms with Crippen LogP contribution in [0.25, 0.3) is 22.3 Å². The SMILES string of the molecule is Cc1nc(-c2cccc(NC(=O)CCn3nnc4ccccc4c3=O)c2)n[nH]1. The lowest BCUT2D eigenvalue weighted by atomic mass is 10.2. The number of aryl methyl sites for hydroxylation is 2. The molecular formula is C19H17N7O2. The number of fused-ring (bicyclic) bond motifs is 1. The number of aromatic amines is 1. The Morgan fingerprint density at radius 3 is 2.86 bits per heavy atom. The Kier molecular flexibility index (Phi) is 4.63. The summed E-state index contributed by atoms with van der Waals surface area (Å²) in [5.74, 6) is 1.04. The van der Waals surface area contributed by atoms with Crippen LogP contribution in [0.4, 0.5) is 5.69 Å². The predicted molar refractivity (Wildman–Crippen MR) is 104 cm³/mol. The Bertz CT molecular complexity index is 1210. The lowest BCUT2D eigenvalue weighted by Gasteiger charge is -2.07. The number of carbonyl (C=O) groups excluding carboxylic acids is 1. The molecule has 2 aromatic carbocycles. The summed E-state index contributed by atoms with van der Waals surface area (Å²) in [7, 11) is 0. The topological polar surface area (TPSA) is 118 Å². The first-order valence-corrected chi connectivity index (χ1v) is 8.72. The molecule has 0 unspecified atom stereocenters. The van der Waals surface area contributed by atoms with E-state index in [1.165, 1.54) is 4.68 Å². The molecule has 9 heteroatoms. The second kappa shape index (κ2) is 7.39. The Hall–Kier alpha value is -3.88. The molecule has 0 aliphatic rings. The van der Waals surface area contributed by atoms with Crippen molar-refractivity contribution >= 4 is 22.5 Å². The summed E-state index contributed by atoms with van der Waals surface area (Å²) in [6, 6.07) is 14.2. The Morgan fingerprint density at radius 2 is 2.04 bits per heavy atom. The van der Waals surface area contributed by atoms with Crippen molar-refractivity contribution < 1.29 is 4.79 Å². The predicted octanol–water partition coefficient (Wildman–Crippen LogP) is 1.91. The molecule has 0 aliphatic heterocycles. The molecule has 4 aromatic rings. The quantitative estimate of drug-likeness (QED) is 0.550. The van der Waals surface area contributed by atoms with Crippen LogP contribution in [-0.2, 0) is 11.3 Å². The maximum absolute atomic E-state index is 12.4. The first kappa shape index (κ1) is 17.5. The van der Waals surface area contributed by atoms with Crippen LogP contribution in [0.15, 0.2) is 53.3 Å². The fourth-order valence-electron chi connectivity index (χ4n) is 2.81. The Morgan fingerprint density at radius 1 is 1.18 bits per heavy atom. The van der Waals surface area contributed by atoms with Gasteiger partial charge in [-0.15, -0.1) is 5.10 Å². The van der Waals surface area contributed by atoms with Crippen molar-refractivity contribution in [3.05, 3.63) is 64.7 Å². The van der Waals surface area contributed by atoms with Crippen molar-refractivity contribution in [1.82, 2.24) is 30.2 Å². The van der Waals surface area contributed by atoms with E-state index in [0.717, 1.165) is 5.56 Å². The summed E-state index contributed by atoms with van der Waals surface area (Å²) in [4.78, 5) is 29.0. The van der Waals surface area contributed by atoms with Gasteiger partial charge in [-0.1, -0.05) is 29.5 Å². The molecule has 2 heterocycles. The zero-order valence-corrected chi connectivity index (χ0v) is 15.1. The molecule has 2 aromatic heterocycles. The van der Waals surface area contributed by atoms with Gasteiger partial charge in [-0.2, -0.15) is 5.10 Å². The van der Waals surface area contributed by atoms with Crippen molar-refractivity contribution in [2.24, 2.45) is 0 Å². The van der Waals surface area contributed by atoms with E-state index in [-0.39, 0.29) is 24.4 Å². The van der Waals surface area contributed by atoms with E-state index >= 15 is 0 Å². The van der Waals surface area contributed by atoms with Crippen molar-refractivity contribution in [3.63, 3.8) is 0 Å². The van der Waals surface area contributed by atoms with E-state index in [0.29, 0.717) is 28.2 Å². The highest BCUT2D eigenvalue weighted by Gasteiger charge is 2.09. The van der Waals surface area contributed by atoms with Gasteiger partial charge in [0.2, 0.25) is 5.91 Å². The van der Waals surface area contributed by atoms with Crippen molar-refractivity contribution in [3.8, 4) is 11.4 Å². The molecule has 2 N–H and O–H groups in total. The number of benzene rings is 2. The van der Waals surface area contributed by atoms with Crippen molar-refractivity contribution in [1.29, 1.82) is 0 Å². The molecular weight excluding hydrogens is 358 g/mol. The minimum atomic E-state index is -0.264. The number of aromatic nitrogens is 6. The summed E-state index contributed by atoms with van der Waals surface area (Å²) >= 11 is 0. The Balaban J connectivity index is 1.44. The molecule has 0 spiro atoms. The molecule has 4 rings (SSSR count). The second-order valence-corrected chi connectivity index (χ2v) is 6.26. The summed E-state index contributed by atoms with van der Waals surface area (Å²) in [5.41, 5.74) is 1.69. The van der Waals surface area contributed by atoms with Gasteiger partial charge in [-0.25, -0.2) is 9.67 Å². The lowest BCUT2D eigenvalue weighted by molar-refractivity contribution is -0.116. The van der Waals surface area contributed by atoms with Gasteiger partial charge in [0, 0.05) is 17.7 Å². The molecule has 0 atom stereocenters. The van der Waals surface area contributed by atoms with Crippen LogP contribution < -0.4 is 10.9 Å². The van der Waals surface area contributed by atoms with Gasteiger partial charge in [0.25, 0.3) is 5.56 Å². The van der Waals surface area contributed by atoms with Gasteiger partial charge in [0.05, 0.1) is 11.9 Å². The monoisotopic (exact) mass is 375 g/mol. The average molecular weight is 375 g/mol. The summed E-state index contributed by atoms with van der Waals surface area (Å²) in [6.07, 6.45) is 0.0942. The number of carbonyl (C=O) groups is 1. The van der Waals surface area contributed by atoms with Crippen LogP contribution in [0.3, 0.4) is 0 Å². The number of H-pyrrole nitrogens is 1. The fourth-order valence-corrected chi connectivity index (χ4v) is 2.81. The molecule has 0 aliphatic carbocycles. The van der Waals surface area contributed by atoms with E-state index in [1.807, 2.05) is 19.1 Å². The van der Waals surface area contributed by atoms with Gasteiger partial charge in [0.15, 0.2) is 5.82 Å². The number of rotatable bonds is 5. The minimum absolute atomic E-state index is 0.0942. The first-order valence-electron chi connectivity index (χ1n) is 8.72. The first-order chi connectivity index (χ1) is 13.6. The van der Waals surface area contributed by atoms with Crippen LogP contribution in [0, 0.1) is 6.92 Å². The molecule has 0 bridgehead atoms. The molecule has 9 nitrogen and oxygen atoms in total. The van der Waals surface area contributed by atoms with Gasteiger partial charge in [-0.05, 0) is 31.2 Å². The highest BCUT2D eigenvalue weighted by atomic mass is 16.2. The number of amides is 1. The highest BCUT2D eigenvalue weighted by Crippen LogP contribution is 2.19. The molecule has 0 saturated heterocycles. The van der Waals surface area contributed by atoms with E-state index in [1.54, 1.807) is 36.4 Å². The highest BCUT2D eigenvalue weighted by molar-refractivity contribution is 5.91. The van der Waals surface area contributed by atoms with Gasteiger partial charge in [-0.3, -0.25) is 14.7 Å². The molecule has 0 radical (unpaired) electrons. The Labute approximate surface area is 159 Å². The number of hydrogen-bond donors (Lipinski definition) is 2. The van der Waals surface area contributed by atoms with Crippen LogP contribution >= 0.6 is 0 Å². The molecule has 28 heavy (non-hydrogen) atoms.